The van der Waals surface area contributed by atoms with Crippen LogP contribution in [0.25, 0.3) is 0 Å². The highest BCUT2D eigenvalue weighted by atomic mass is 14.3. The fourth-order valence-electron chi connectivity index (χ4n) is 3.09. The first-order valence-corrected chi connectivity index (χ1v) is 8.18. The predicted molar refractivity (Wildman–Crippen MR) is 80.5 cm³/mol. The molecule has 0 aliphatic heterocycles. The second-order valence-corrected chi connectivity index (χ2v) is 6.18. The van der Waals surface area contributed by atoms with Crippen molar-refractivity contribution in [2.24, 2.45) is 5.41 Å². The third-order valence-corrected chi connectivity index (χ3v) is 4.09. The van der Waals surface area contributed by atoms with Crippen LogP contribution in [0.2, 0.25) is 0 Å². The molecular weight excluding hydrogens is 204 g/mol. The highest BCUT2D eigenvalue weighted by Gasteiger charge is 2.21. The number of unbranched alkanes of at least 4 members (excludes halogenated alkanes) is 6. The van der Waals surface area contributed by atoms with Gasteiger partial charge >= 0.3 is 0 Å². The summed E-state index contributed by atoms with van der Waals surface area (Å²) in [7, 11) is 0. The van der Waals surface area contributed by atoms with Gasteiger partial charge in [0.25, 0.3) is 0 Å². The molecule has 0 aliphatic carbocycles. The Hall–Kier alpha value is 0. The minimum Gasteiger partial charge on any atom is -0.0654 e. The standard InChI is InChI=1S/C17H36/c1-5-8-9-10-11-12-13-16-17(4,14-6-2)15-7-3/h5-16H2,1-4H3. The van der Waals surface area contributed by atoms with E-state index in [1.807, 2.05) is 0 Å². The van der Waals surface area contributed by atoms with Gasteiger partial charge in [-0.05, 0) is 24.7 Å². The summed E-state index contributed by atoms with van der Waals surface area (Å²) in [5.41, 5.74) is 0.646. The van der Waals surface area contributed by atoms with Crippen molar-refractivity contribution in [3.05, 3.63) is 0 Å². The maximum Gasteiger partial charge on any atom is -0.0326 e. The molecule has 0 N–H and O–H groups in total. The molecule has 0 heterocycles. The van der Waals surface area contributed by atoms with E-state index in [1.165, 1.54) is 77.0 Å². The Labute approximate surface area is 111 Å². The molecule has 0 unspecified atom stereocenters. The Morgan fingerprint density at radius 3 is 1.47 bits per heavy atom. The second kappa shape index (κ2) is 11.1. The fourth-order valence-corrected chi connectivity index (χ4v) is 3.09. The molecular formula is C17H36. The first-order valence-electron chi connectivity index (χ1n) is 8.18. The van der Waals surface area contributed by atoms with Crippen molar-refractivity contribution in [1.29, 1.82) is 0 Å². The monoisotopic (exact) mass is 240 g/mol. The van der Waals surface area contributed by atoms with Crippen molar-refractivity contribution in [2.45, 2.75) is 105 Å². The van der Waals surface area contributed by atoms with Gasteiger partial charge in [0.15, 0.2) is 0 Å². The first kappa shape index (κ1) is 17.0. The molecule has 0 saturated heterocycles. The van der Waals surface area contributed by atoms with Crippen molar-refractivity contribution in [3.8, 4) is 0 Å². The van der Waals surface area contributed by atoms with E-state index < -0.39 is 0 Å². The summed E-state index contributed by atoms with van der Waals surface area (Å²) in [6.45, 7) is 9.47. The van der Waals surface area contributed by atoms with Gasteiger partial charge in [-0.3, -0.25) is 0 Å². The molecule has 0 rings (SSSR count). The molecule has 17 heavy (non-hydrogen) atoms. The predicted octanol–water partition coefficient (Wildman–Crippen LogP) is 6.73. The zero-order valence-electron chi connectivity index (χ0n) is 13.0. The zero-order valence-corrected chi connectivity index (χ0v) is 13.0. The van der Waals surface area contributed by atoms with Crippen molar-refractivity contribution >= 4 is 0 Å². The average Bonchev–Trinajstić information content (AvgIpc) is 2.28. The lowest BCUT2D eigenvalue weighted by atomic mass is 9.77. The molecule has 0 fully saturated rings. The molecule has 0 aliphatic rings. The maximum atomic E-state index is 2.51. The van der Waals surface area contributed by atoms with Gasteiger partial charge in [0.1, 0.15) is 0 Å². The number of hydrogen-bond acceptors (Lipinski definition) is 0. The summed E-state index contributed by atoms with van der Waals surface area (Å²) < 4.78 is 0. The largest absolute Gasteiger partial charge is 0.0654 e. The van der Waals surface area contributed by atoms with Crippen molar-refractivity contribution in [2.75, 3.05) is 0 Å². The lowest BCUT2D eigenvalue weighted by Crippen LogP contribution is -2.15. The molecule has 0 atom stereocenters. The normalized spacial score (nSPS) is 12.0. The highest BCUT2D eigenvalue weighted by molar-refractivity contribution is 4.73. The minimum atomic E-state index is 0.646. The highest BCUT2D eigenvalue weighted by Crippen LogP contribution is 2.34. The summed E-state index contributed by atoms with van der Waals surface area (Å²) in [6, 6.07) is 0. The first-order chi connectivity index (χ1) is 8.18. The summed E-state index contributed by atoms with van der Waals surface area (Å²) in [5.74, 6) is 0. The molecule has 0 heteroatoms. The molecule has 0 bridgehead atoms. The minimum absolute atomic E-state index is 0.646. The molecule has 0 nitrogen and oxygen atoms in total. The van der Waals surface area contributed by atoms with Gasteiger partial charge in [0.2, 0.25) is 0 Å². The van der Waals surface area contributed by atoms with Crippen LogP contribution in [0.4, 0.5) is 0 Å². The van der Waals surface area contributed by atoms with Gasteiger partial charge in [-0.1, -0.05) is 85.5 Å². The van der Waals surface area contributed by atoms with Gasteiger partial charge < -0.3 is 0 Å². The van der Waals surface area contributed by atoms with Crippen molar-refractivity contribution < 1.29 is 0 Å². The third kappa shape index (κ3) is 9.68. The van der Waals surface area contributed by atoms with E-state index in [4.69, 9.17) is 0 Å². The average molecular weight is 240 g/mol. The quantitative estimate of drug-likeness (QED) is 0.332. The lowest BCUT2D eigenvalue weighted by Gasteiger charge is -2.29. The smallest absolute Gasteiger partial charge is 0.0326 e. The summed E-state index contributed by atoms with van der Waals surface area (Å²) >= 11 is 0. The van der Waals surface area contributed by atoms with Crippen LogP contribution in [0.1, 0.15) is 105 Å². The Balaban J connectivity index is 3.54. The van der Waals surface area contributed by atoms with Crippen LogP contribution in [-0.4, -0.2) is 0 Å². The van der Waals surface area contributed by atoms with E-state index in [0.717, 1.165) is 0 Å². The summed E-state index contributed by atoms with van der Waals surface area (Å²) in [6.07, 6.45) is 17.1. The second-order valence-electron chi connectivity index (χ2n) is 6.18. The Morgan fingerprint density at radius 2 is 1.00 bits per heavy atom. The Morgan fingerprint density at radius 1 is 0.529 bits per heavy atom. The molecule has 0 aromatic carbocycles. The molecule has 0 saturated carbocycles. The van der Waals surface area contributed by atoms with Gasteiger partial charge in [0.05, 0.1) is 0 Å². The molecule has 104 valence electrons. The van der Waals surface area contributed by atoms with E-state index in [0.29, 0.717) is 5.41 Å². The Kier molecular flexibility index (Phi) is 11.1. The molecule has 0 amide bonds. The van der Waals surface area contributed by atoms with Crippen LogP contribution in [0.3, 0.4) is 0 Å². The van der Waals surface area contributed by atoms with Crippen molar-refractivity contribution in [3.63, 3.8) is 0 Å². The van der Waals surface area contributed by atoms with Crippen molar-refractivity contribution in [1.82, 2.24) is 0 Å². The topological polar surface area (TPSA) is 0 Å². The van der Waals surface area contributed by atoms with E-state index in [2.05, 4.69) is 27.7 Å². The number of hydrogen-bond donors (Lipinski definition) is 0. The van der Waals surface area contributed by atoms with Gasteiger partial charge in [-0.15, -0.1) is 0 Å². The van der Waals surface area contributed by atoms with Crippen LogP contribution >= 0.6 is 0 Å². The molecule has 0 aromatic rings. The molecule has 0 spiro atoms. The maximum absolute atomic E-state index is 2.51. The number of rotatable bonds is 12. The summed E-state index contributed by atoms with van der Waals surface area (Å²) in [4.78, 5) is 0. The van der Waals surface area contributed by atoms with Gasteiger partial charge in [0, 0.05) is 0 Å². The van der Waals surface area contributed by atoms with E-state index in [1.54, 1.807) is 0 Å². The van der Waals surface area contributed by atoms with E-state index in [-0.39, 0.29) is 0 Å². The molecule has 0 aromatic heterocycles. The van der Waals surface area contributed by atoms with Crippen LogP contribution < -0.4 is 0 Å². The zero-order chi connectivity index (χ0) is 13.0. The lowest BCUT2D eigenvalue weighted by molar-refractivity contribution is 0.235. The van der Waals surface area contributed by atoms with E-state index in [9.17, 15) is 0 Å². The molecule has 0 radical (unpaired) electrons. The summed E-state index contributed by atoms with van der Waals surface area (Å²) in [5, 5.41) is 0. The van der Waals surface area contributed by atoms with Crippen LogP contribution in [-0.2, 0) is 0 Å². The fraction of sp³-hybridized carbons (Fsp3) is 1.00. The third-order valence-electron chi connectivity index (χ3n) is 4.09. The van der Waals surface area contributed by atoms with Crippen LogP contribution in [0.5, 0.6) is 0 Å². The van der Waals surface area contributed by atoms with Crippen LogP contribution in [0.15, 0.2) is 0 Å². The van der Waals surface area contributed by atoms with Gasteiger partial charge in [-0.2, -0.15) is 0 Å². The Bertz CT molecular complexity index is 142. The van der Waals surface area contributed by atoms with Crippen LogP contribution in [0, 0.1) is 5.41 Å². The van der Waals surface area contributed by atoms with E-state index >= 15 is 0 Å². The van der Waals surface area contributed by atoms with Gasteiger partial charge in [-0.25, -0.2) is 0 Å². The SMILES string of the molecule is CCCCCCCCCC(C)(CCC)CCC.